The van der Waals surface area contributed by atoms with Gasteiger partial charge in [0.2, 0.25) is 5.91 Å². The Hall–Kier alpha value is -4.41. The number of carbonyl (C=O) groups is 3. The van der Waals surface area contributed by atoms with Crippen molar-refractivity contribution in [2.45, 2.75) is 116 Å². The SMILES string of the molecule is CC(C)(C)OC(=O)NC(=N)c1ccc(CC2c3nc4cc(C5(C(=O)N6CCCC6)CCCC5)ccc4n3CCN2C(=O)OC(C)(C)C)cc1. The molecule has 3 amide bonds. The van der Waals surface area contributed by atoms with Gasteiger partial charge in [0.25, 0.3) is 0 Å². The molecule has 6 rings (SSSR count). The van der Waals surface area contributed by atoms with Gasteiger partial charge in [-0.05, 0) is 90.5 Å². The van der Waals surface area contributed by atoms with E-state index in [4.69, 9.17) is 19.9 Å². The fraction of sp³-hybridized carbons (Fsp3) is 0.553. The standard InChI is InChI=1S/C38H50N6O5/c1-36(2,3)48-34(46)41-31(39)26-13-11-25(12-14-26)23-30-32-40-28-24-27(38(17-7-8-18-38)33(45)42-19-9-10-20-42)15-16-29(28)43(32)21-22-44(30)35(47)49-37(4,5)6/h11-16,24,30H,7-10,17-23H2,1-6H3,(H2,39,41,46). The van der Waals surface area contributed by atoms with E-state index in [2.05, 4.69) is 33.0 Å². The van der Waals surface area contributed by atoms with E-state index >= 15 is 0 Å². The molecular weight excluding hydrogens is 620 g/mol. The van der Waals surface area contributed by atoms with Crippen molar-refractivity contribution in [2.24, 2.45) is 0 Å². The minimum Gasteiger partial charge on any atom is -0.444 e. The molecule has 3 heterocycles. The third kappa shape index (κ3) is 7.31. The van der Waals surface area contributed by atoms with Crippen molar-refractivity contribution in [3.8, 4) is 0 Å². The molecule has 49 heavy (non-hydrogen) atoms. The first-order valence-electron chi connectivity index (χ1n) is 17.6. The molecule has 11 heteroatoms. The van der Waals surface area contributed by atoms with Crippen LogP contribution in [0.1, 0.15) is 109 Å². The van der Waals surface area contributed by atoms with Crippen molar-refractivity contribution < 1.29 is 23.9 Å². The second-order valence-corrected chi connectivity index (χ2v) is 15.7. The number of amides is 3. The van der Waals surface area contributed by atoms with Gasteiger partial charge >= 0.3 is 12.2 Å². The second kappa shape index (κ2) is 13.1. The number of nitrogens with zero attached hydrogens (tertiary/aromatic N) is 4. The number of imidazole rings is 1. The lowest BCUT2D eigenvalue weighted by Crippen LogP contribution is -2.45. The molecule has 0 bridgehead atoms. The molecule has 0 radical (unpaired) electrons. The zero-order chi connectivity index (χ0) is 35.1. The molecule has 1 unspecified atom stereocenters. The highest BCUT2D eigenvalue weighted by Crippen LogP contribution is 2.44. The van der Waals surface area contributed by atoms with E-state index in [9.17, 15) is 14.4 Å². The van der Waals surface area contributed by atoms with E-state index in [1.165, 1.54) is 0 Å². The number of benzene rings is 2. The molecule has 1 aromatic heterocycles. The molecule has 11 nitrogen and oxygen atoms in total. The number of fused-ring (bicyclic) bond motifs is 3. The maximum absolute atomic E-state index is 14.0. The van der Waals surface area contributed by atoms with Gasteiger partial charge in [-0.15, -0.1) is 0 Å². The lowest BCUT2D eigenvalue weighted by molar-refractivity contribution is -0.136. The third-order valence-electron chi connectivity index (χ3n) is 9.75. The Bertz CT molecular complexity index is 1740. The highest BCUT2D eigenvalue weighted by Gasteiger charge is 2.46. The van der Waals surface area contributed by atoms with E-state index in [1.807, 2.05) is 32.9 Å². The van der Waals surface area contributed by atoms with Crippen LogP contribution in [0.15, 0.2) is 42.5 Å². The fourth-order valence-electron chi connectivity index (χ4n) is 7.52. The number of hydrogen-bond acceptors (Lipinski definition) is 7. The molecule has 1 saturated heterocycles. The number of alkyl carbamates (subject to hydrolysis) is 1. The number of nitrogens with one attached hydrogen (secondary N) is 2. The number of ether oxygens (including phenoxy) is 2. The molecule has 3 aromatic rings. The molecule has 2 aromatic carbocycles. The second-order valence-electron chi connectivity index (χ2n) is 15.7. The summed E-state index contributed by atoms with van der Waals surface area (Å²) in [6.45, 7) is 13.6. The first-order chi connectivity index (χ1) is 23.1. The highest BCUT2D eigenvalue weighted by molar-refractivity contribution is 6.04. The van der Waals surface area contributed by atoms with Gasteiger partial charge in [-0.3, -0.25) is 20.4 Å². The molecule has 1 aliphatic carbocycles. The summed E-state index contributed by atoms with van der Waals surface area (Å²) in [5, 5.41) is 10.9. The summed E-state index contributed by atoms with van der Waals surface area (Å²) in [5.74, 6) is 0.978. The zero-order valence-electron chi connectivity index (χ0n) is 29.7. The third-order valence-corrected chi connectivity index (χ3v) is 9.75. The van der Waals surface area contributed by atoms with Gasteiger partial charge in [-0.1, -0.05) is 43.2 Å². The van der Waals surface area contributed by atoms with Crippen LogP contribution in [0.2, 0.25) is 0 Å². The van der Waals surface area contributed by atoms with E-state index in [0.717, 1.165) is 79.6 Å². The number of carbonyl (C=O) groups excluding carboxylic acids is 3. The van der Waals surface area contributed by atoms with Gasteiger partial charge < -0.3 is 18.9 Å². The Labute approximate surface area is 288 Å². The molecule has 1 saturated carbocycles. The van der Waals surface area contributed by atoms with Crippen LogP contribution in [0.5, 0.6) is 0 Å². The lowest BCUT2D eigenvalue weighted by Gasteiger charge is -2.37. The maximum atomic E-state index is 14.0. The number of hydrogen-bond donors (Lipinski definition) is 2. The first kappa shape index (κ1) is 34.5. The van der Waals surface area contributed by atoms with Gasteiger partial charge in [-0.2, -0.15) is 0 Å². The van der Waals surface area contributed by atoms with Gasteiger partial charge in [-0.25, -0.2) is 14.6 Å². The molecule has 262 valence electrons. The topological polar surface area (TPSA) is 130 Å². The summed E-state index contributed by atoms with van der Waals surface area (Å²) in [7, 11) is 0. The zero-order valence-corrected chi connectivity index (χ0v) is 29.7. The van der Waals surface area contributed by atoms with Crippen molar-refractivity contribution in [1.82, 2.24) is 24.7 Å². The lowest BCUT2D eigenvalue weighted by atomic mass is 9.77. The molecule has 2 aliphatic heterocycles. The van der Waals surface area contributed by atoms with E-state index < -0.39 is 34.8 Å². The Morgan fingerprint density at radius 1 is 0.878 bits per heavy atom. The molecule has 3 aliphatic rings. The molecule has 2 N–H and O–H groups in total. The summed E-state index contributed by atoms with van der Waals surface area (Å²) in [4.78, 5) is 48.8. The fourth-order valence-corrected chi connectivity index (χ4v) is 7.52. The number of aromatic nitrogens is 2. The Morgan fingerprint density at radius 2 is 1.53 bits per heavy atom. The minimum absolute atomic E-state index is 0.0605. The van der Waals surface area contributed by atoms with Crippen molar-refractivity contribution >= 4 is 35.0 Å². The van der Waals surface area contributed by atoms with E-state index in [0.29, 0.717) is 25.1 Å². The quantitative estimate of drug-likeness (QED) is 0.226. The predicted molar refractivity (Wildman–Crippen MR) is 188 cm³/mol. The van der Waals surface area contributed by atoms with Crippen LogP contribution in [-0.4, -0.2) is 74.1 Å². The van der Waals surface area contributed by atoms with E-state index in [-0.39, 0.29) is 11.7 Å². The largest absolute Gasteiger partial charge is 0.444 e. The average Bonchev–Trinajstić information content (AvgIpc) is 3.80. The number of likely N-dealkylation sites (tertiary alicyclic amines) is 1. The normalized spacial score (nSPS) is 19.1. The van der Waals surface area contributed by atoms with Crippen LogP contribution in [0.3, 0.4) is 0 Å². The monoisotopic (exact) mass is 670 g/mol. The van der Waals surface area contributed by atoms with Gasteiger partial charge in [0.15, 0.2) is 0 Å². The molecule has 1 atom stereocenters. The highest BCUT2D eigenvalue weighted by atomic mass is 16.6. The molecule has 0 spiro atoms. The summed E-state index contributed by atoms with van der Waals surface area (Å²) in [6.07, 6.45) is 5.33. The van der Waals surface area contributed by atoms with Crippen molar-refractivity contribution in [1.29, 1.82) is 5.41 Å². The summed E-state index contributed by atoms with van der Waals surface area (Å²) < 4.78 is 13.3. The Morgan fingerprint density at radius 3 is 2.16 bits per heavy atom. The van der Waals surface area contributed by atoms with Crippen LogP contribution in [0.4, 0.5) is 9.59 Å². The van der Waals surface area contributed by atoms with Gasteiger partial charge in [0.05, 0.1) is 22.5 Å². The summed E-state index contributed by atoms with van der Waals surface area (Å²) in [5.41, 5.74) is 2.51. The van der Waals surface area contributed by atoms with Crippen LogP contribution in [0, 0.1) is 5.41 Å². The van der Waals surface area contributed by atoms with E-state index in [1.54, 1.807) is 37.8 Å². The van der Waals surface area contributed by atoms with Gasteiger partial charge in [0.1, 0.15) is 22.9 Å². The van der Waals surface area contributed by atoms with Crippen LogP contribution < -0.4 is 5.32 Å². The summed E-state index contributed by atoms with van der Waals surface area (Å²) in [6, 6.07) is 13.3. The maximum Gasteiger partial charge on any atom is 0.413 e. The smallest absolute Gasteiger partial charge is 0.413 e. The van der Waals surface area contributed by atoms with Crippen LogP contribution in [0.25, 0.3) is 11.0 Å². The first-order valence-corrected chi connectivity index (χ1v) is 17.6. The molecular formula is C38H50N6O5. The van der Waals surface area contributed by atoms with Crippen LogP contribution >= 0.6 is 0 Å². The average molecular weight is 671 g/mol. The molecule has 2 fully saturated rings. The Kier molecular flexibility index (Phi) is 9.23. The minimum atomic E-state index is -0.682. The van der Waals surface area contributed by atoms with Crippen molar-refractivity contribution in [2.75, 3.05) is 19.6 Å². The van der Waals surface area contributed by atoms with Crippen molar-refractivity contribution in [3.63, 3.8) is 0 Å². The number of rotatable bonds is 5. The van der Waals surface area contributed by atoms with Crippen LogP contribution in [-0.2, 0) is 32.6 Å². The van der Waals surface area contributed by atoms with Crippen molar-refractivity contribution in [3.05, 3.63) is 65.0 Å². The predicted octanol–water partition coefficient (Wildman–Crippen LogP) is 6.86. The van der Waals surface area contributed by atoms with Gasteiger partial charge in [0, 0.05) is 38.2 Å². The summed E-state index contributed by atoms with van der Waals surface area (Å²) >= 11 is 0. The number of amidine groups is 1. The Balaban J connectivity index is 1.31.